The Bertz CT molecular complexity index is 531. The van der Waals surface area contributed by atoms with Gasteiger partial charge in [0.2, 0.25) is 0 Å². The molecule has 0 atom stereocenters. The van der Waals surface area contributed by atoms with Crippen molar-refractivity contribution in [2.45, 2.75) is 26.2 Å². The minimum atomic E-state index is -0.0988. The van der Waals surface area contributed by atoms with E-state index in [1.54, 1.807) is 0 Å². The van der Waals surface area contributed by atoms with Crippen molar-refractivity contribution >= 4 is 16.7 Å². The molecule has 0 bridgehead atoms. The van der Waals surface area contributed by atoms with E-state index >= 15 is 0 Å². The van der Waals surface area contributed by atoms with Crippen LogP contribution in [0.5, 0.6) is 0 Å². The van der Waals surface area contributed by atoms with Crippen molar-refractivity contribution in [1.29, 1.82) is 0 Å². The summed E-state index contributed by atoms with van der Waals surface area (Å²) in [5.74, 6) is -0.0988. The lowest BCUT2D eigenvalue weighted by Gasteiger charge is -2.05. The molecule has 2 rings (SSSR count). The van der Waals surface area contributed by atoms with Gasteiger partial charge in [0.25, 0.3) is 0 Å². The SMILES string of the molecule is CCCC(=O)OCCc1ccc2ccccc2c1. The lowest BCUT2D eigenvalue weighted by atomic mass is 10.1. The van der Waals surface area contributed by atoms with E-state index < -0.39 is 0 Å². The Morgan fingerprint density at radius 3 is 2.67 bits per heavy atom. The lowest BCUT2D eigenvalue weighted by Crippen LogP contribution is -2.06. The average Bonchev–Trinajstić information content (AvgIpc) is 2.39. The number of rotatable bonds is 5. The minimum absolute atomic E-state index is 0.0988. The van der Waals surface area contributed by atoms with Crippen molar-refractivity contribution in [1.82, 2.24) is 0 Å². The zero-order chi connectivity index (χ0) is 12.8. The third kappa shape index (κ3) is 3.33. The standard InChI is InChI=1S/C16H18O2/c1-2-5-16(17)18-11-10-13-8-9-14-6-3-4-7-15(14)12-13/h3-4,6-9,12H,2,5,10-11H2,1H3. The second-order valence-electron chi connectivity index (χ2n) is 4.40. The molecule has 0 fully saturated rings. The van der Waals surface area contributed by atoms with E-state index in [9.17, 15) is 4.79 Å². The maximum atomic E-state index is 11.2. The van der Waals surface area contributed by atoms with Gasteiger partial charge in [0.15, 0.2) is 0 Å². The number of esters is 1. The van der Waals surface area contributed by atoms with Crippen LogP contribution in [0.3, 0.4) is 0 Å². The van der Waals surface area contributed by atoms with Crippen LogP contribution in [-0.2, 0) is 16.0 Å². The van der Waals surface area contributed by atoms with Gasteiger partial charge in [0.1, 0.15) is 0 Å². The summed E-state index contributed by atoms with van der Waals surface area (Å²) < 4.78 is 5.16. The molecule has 2 aromatic carbocycles. The number of ether oxygens (including phenoxy) is 1. The molecule has 0 spiro atoms. The highest BCUT2D eigenvalue weighted by Crippen LogP contribution is 2.15. The summed E-state index contributed by atoms with van der Waals surface area (Å²) in [5.41, 5.74) is 1.21. The van der Waals surface area contributed by atoms with Crippen molar-refractivity contribution in [3.05, 3.63) is 48.0 Å². The molecule has 0 aliphatic carbocycles. The normalized spacial score (nSPS) is 10.5. The van der Waals surface area contributed by atoms with E-state index in [1.807, 2.05) is 19.1 Å². The Balaban J connectivity index is 1.93. The summed E-state index contributed by atoms with van der Waals surface area (Å²) in [6.07, 6.45) is 2.13. The number of benzene rings is 2. The Labute approximate surface area is 108 Å². The predicted molar refractivity (Wildman–Crippen MR) is 73.5 cm³/mol. The smallest absolute Gasteiger partial charge is 0.305 e. The quantitative estimate of drug-likeness (QED) is 0.747. The van der Waals surface area contributed by atoms with Crippen molar-refractivity contribution in [2.75, 3.05) is 6.61 Å². The molecule has 0 aromatic heterocycles. The first-order valence-corrected chi connectivity index (χ1v) is 6.43. The highest BCUT2D eigenvalue weighted by atomic mass is 16.5. The first kappa shape index (κ1) is 12.6. The van der Waals surface area contributed by atoms with Gasteiger partial charge in [-0.1, -0.05) is 49.4 Å². The van der Waals surface area contributed by atoms with Gasteiger partial charge in [-0.25, -0.2) is 0 Å². The van der Waals surface area contributed by atoms with Crippen LogP contribution >= 0.6 is 0 Å². The maximum absolute atomic E-state index is 11.2. The maximum Gasteiger partial charge on any atom is 0.305 e. The number of carbonyl (C=O) groups is 1. The van der Waals surface area contributed by atoms with Gasteiger partial charge in [-0.05, 0) is 22.8 Å². The van der Waals surface area contributed by atoms with Gasteiger partial charge in [-0.2, -0.15) is 0 Å². The summed E-state index contributed by atoms with van der Waals surface area (Å²) in [6, 6.07) is 14.6. The van der Waals surface area contributed by atoms with Crippen molar-refractivity contribution < 1.29 is 9.53 Å². The predicted octanol–water partition coefficient (Wildman–Crippen LogP) is 3.73. The van der Waals surface area contributed by atoms with Crippen LogP contribution in [0.1, 0.15) is 25.3 Å². The monoisotopic (exact) mass is 242 g/mol. The lowest BCUT2D eigenvalue weighted by molar-refractivity contribution is -0.143. The Morgan fingerprint density at radius 1 is 1.11 bits per heavy atom. The van der Waals surface area contributed by atoms with Gasteiger partial charge < -0.3 is 4.74 Å². The number of hydrogen-bond acceptors (Lipinski definition) is 2. The number of fused-ring (bicyclic) bond motifs is 1. The second-order valence-corrected chi connectivity index (χ2v) is 4.40. The zero-order valence-corrected chi connectivity index (χ0v) is 10.7. The summed E-state index contributed by atoms with van der Waals surface area (Å²) in [7, 11) is 0. The summed E-state index contributed by atoms with van der Waals surface area (Å²) in [6.45, 7) is 2.45. The molecule has 0 saturated carbocycles. The molecule has 0 heterocycles. The second kappa shape index (κ2) is 6.20. The summed E-state index contributed by atoms with van der Waals surface area (Å²) >= 11 is 0. The molecule has 0 radical (unpaired) electrons. The minimum Gasteiger partial charge on any atom is -0.465 e. The molecule has 0 amide bonds. The molecule has 2 aromatic rings. The molecule has 0 unspecified atom stereocenters. The zero-order valence-electron chi connectivity index (χ0n) is 10.7. The molecule has 94 valence electrons. The number of carbonyl (C=O) groups excluding carboxylic acids is 1. The molecular weight excluding hydrogens is 224 g/mol. The van der Waals surface area contributed by atoms with Crippen LogP contribution in [0, 0.1) is 0 Å². The van der Waals surface area contributed by atoms with E-state index in [-0.39, 0.29) is 5.97 Å². The highest BCUT2D eigenvalue weighted by molar-refractivity contribution is 5.83. The molecule has 18 heavy (non-hydrogen) atoms. The van der Waals surface area contributed by atoms with Crippen LogP contribution in [0.25, 0.3) is 10.8 Å². The van der Waals surface area contributed by atoms with Gasteiger partial charge in [-0.3, -0.25) is 4.79 Å². The first-order chi connectivity index (χ1) is 8.79. The van der Waals surface area contributed by atoms with Crippen molar-refractivity contribution in [3.63, 3.8) is 0 Å². The van der Waals surface area contributed by atoms with E-state index in [0.29, 0.717) is 13.0 Å². The van der Waals surface area contributed by atoms with Gasteiger partial charge >= 0.3 is 5.97 Å². The largest absolute Gasteiger partial charge is 0.465 e. The van der Waals surface area contributed by atoms with Crippen LogP contribution < -0.4 is 0 Å². The fourth-order valence-electron chi connectivity index (χ4n) is 1.95. The van der Waals surface area contributed by atoms with Gasteiger partial charge in [0, 0.05) is 12.8 Å². The van der Waals surface area contributed by atoms with Gasteiger partial charge in [-0.15, -0.1) is 0 Å². The fraction of sp³-hybridized carbons (Fsp3) is 0.312. The van der Waals surface area contributed by atoms with Crippen LogP contribution in [-0.4, -0.2) is 12.6 Å². The van der Waals surface area contributed by atoms with E-state index in [2.05, 4.69) is 30.3 Å². The van der Waals surface area contributed by atoms with E-state index in [0.717, 1.165) is 12.8 Å². The molecule has 0 saturated heterocycles. The molecule has 2 nitrogen and oxygen atoms in total. The van der Waals surface area contributed by atoms with Crippen LogP contribution in [0.2, 0.25) is 0 Å². The van der Waals surface area contributed by atoms with Crippen molar-refractivity contribution in [2.24, 2.45) is 0 Å². The molecule has 0 aliphatic rings. The topological polar surface area (TPSA) is 26.3 Å². The molecule has 0 N–H and O–H groups in total. The molecule has 2 heteroatoms. The number of hydrogen-bond donors (Lipinski definition) is 0. The molecular formula is C16H18O2. The average molecular weight is 242 g/mol. The van der Waals surface area contributed by atoms with Crippen molar-refractivity contribution in [3.8, 4) is 0 Å². The van der Waals surface area contributed by atoms with Crippen LogP contribution in [0.15, 0.2) is 42.5 Å². The summed E-state index contributed by atoms with van der Waals surface area (Å²) in [4.78, 5) is 11.2. The highest BCUT2D eigenvalue weighted by Gasteiger charge is 2.01. The first-order valence-electron chi connectivity index (χ1n) is 6.43. The van der Waals surface area contributed by atoms with E-state index in [1.165, 1.54) is 16.3 Å². The Morgan fingerprint density at radius 2 is 1.89 bits per heavy atom. The molecule has 0 aliphatic heterocycles. The Kier molecular flexibility index (Phi) is 4.35. The van der Waals surface area contributed by atoms with Crippen LogP contribution in [0.4, 0.5) is 0 Å². The summed E-state index contributed by atoms with van der Waals surface area (Å²) in [5, 5.41) is 2.47. The fourth-order valence-corrected chi connectivity index (χ4v) is 1.95. The van der Waals surface area contributed by atoms with Gasteiger partial charge in [0.05, 0.1) is 6.61 Å². The third-order valence-corrected chi connectivity index (χ3v) is 2.92. The third-order valence-electron chi connectivity index (χ3n) is 2.92. The Hall–Kier alpha value is -1.83. The van der Waals surface area contributed by atoms with E-state index in [4.69, 9.17) is 4.74 Å².